The van der Waals surface area contributed by atoms with Gasteiger partial charge in [-0.25, -0.2) is 0 Å². The van der Waals surface area contributed by atoms with Crippen LogP contribution in [0.2, 0.25) is 0 Å². The average molecular weight is 209 g/mol. The van der Waals surface area contributed by atoms with Crippen LogP contribution >= 0.6 is 0 Å². The van der Waals surface area contributed by atoms with Crippen molar-refractivity contribution in [3.63, 3.8) is 0 Å². The van der Waals surface area contributed by atoms with E-state index in [1.807, 2.05) is 18.2 Å². The average Bonchev–Trinajstić information content (AvgIpc) is 2.15. The summed E-state index contributed by atoms with van der Waals surface area (Å²) >= 11 is 0. The third kappa shape index (κ3) is 3.52. The van der Waals surface area contributed by atoms with Crippen molar-refractivity contribution in [2.45, 2.75) is 32.3 Å². The molecule has 14 heavy (non-hydrogen) atoms. The van der Waals surface area contributed by atoms with Crippen molar-refractivity contribution in [1.82, 2.24) is 0 Å². The number of rotatable bonds is 4. The highest BCUT2D eigenvalue weighted by Crippen LogP contribution is 2.17. The molecule has 1 aromatic rings. The Morgan fingerprint density at radius 2 is 2.14 bits per heavy atom. The summed E-state index contributed by atoms with van der Waals surface area (Å²) in [5, 5.41) is 0. The van der Waals surface area contributed by atoms with E-state index in [1.54, 1.807) is 0 Å². The maximum absolute atomic E-state index is 5.71. The SMILES string of the molecule is CC(C)(CCc1cccc(N)c1)O[SiH3]. The molecule has 78 valence electrons. The normalized spacial score (nSPS) is 11.9. The van der Waals surface area contributed by atoms with E-state index in [2.05, 4.69) is 19.9 Å². The molecule has 0 heterocycles. The van der Waals surface area contributed by atoms with Crippen LogP contribution in [0, 0.1) is 0 Å². The molecule has 0 spiro atoms. The van der Waals surface area contributed by atoms with Gasteiger partial charge in [-0.05, 0) is 44.4 Å². The fraction of sp³-hybridized carbons (Fsp3) is 0.455. The molecule has 0 aliphatic carbocycles. The lowest BCUT2D eigenvalue weighted by molar-refractivity contribution is 0.113. The Hall–Kier alpha value is -0.803. The van der Waals surface area contributed by atoms with Gasteiger partial charge in [0.25, 0.3) is 0 Å². The molecule has 3 heteroatoms. The Morgan fingerprint density at radius 1 is 1.43 bits per heavy atom. The first-order valence-corrected chi connectivity index (χ1v) is 5.75. The van der Waals surface area contributed by atoms with E-state index in [0.717, 1.165) is 29.0 Å². The maximum Gasteiger partial charge on any atom is 0.146 e. The zero-order chi connectivity index (χ0) is 10.6. The first-order valence-electron chi connectivity index (χ1n) is 4.93. The van der Waals surface area contributed by atoms with Gasteiger partial charge in [0.05, 0.1) is 0 Å². The van der Waals surface area contributed by atoms with Crippen LogP contribution in [0.1, 0.15) is 25.8 Å². The van der Waals surface area contributed by atoms with E-state index in [0.29, 0.717) is 0 Å². The number of nitrogen functional groups attached to an aromatic ring is 1. The Kier molecular flexibility index (Phi) is 3.72. The van der Waals surface area contributed by atoms with Crippen LogP contribution in [0.25, 0.3) is 0 Å². The topological polar surface area (TPSA) is 35.2 Å². The standard InChI is InChI=1S/C11H19NOSi/c1-11(2,13-14)7-6-9-4-3-5-10(12)8-9/h3-5,8H,6-7,12H2,1-2,14H3. The third-order valence-electron chi connectivity index (χ3n) is 2.52. The largest absolute Gasteiger partial charge is 0.423 e. The molecule has 0 aliphatic heterocycles. The Morgan fingerprint density at radius 3 is 2.71 bits per heavy atom. The summed E-state index contributed by atoms with van der Waals surface area (Å²) in [6.45, 7) is 4.26. The van der Waals surface area contributed by atoms with Gasteiger partial charge < -0.3 is 10.2 Å². The number of hydrogen-bond acceptors (Lipinski definition) is 2. The molecule has 0 aliphatic rings. The predicted octanol–water partition coefficient (Wildman–Crippen LogP) is 1.28. The Labute approximate surface area is 89.0 Å². The number of nitrogens with two attached hydrogens (primary N) is 1. The smallest absolute Gasteiger partial charge is 0.146 e. The first kappa shape index (κ1) is 11.3. The van der Waals surface area contributed by atoms with Gasteiger partial charge in [0.15, 0.2) is 0 Å². The minimum atomic E-state index is 0.0107. The molecule has 0 saturated carbocycles. The maximum atomic E-state index is 5.71. The second-order valence-electron chi connectivity index (χ2n) is 4.21. The lowest BCUT2D eigenvalue weighted by Gasteiger charge is -2.23. The van der Waals surface area contributed by atoms with Gasteiger partial charge in [-0.3, -0.25) is 0 Å². The minimum Gasteiger partial charge on any atom is -0.423 e. The quantitative estimate of drug-likeness (QED) is 0.599. The summed E-state index contributed by atoms with van der Waals surface area (Å²) < 4.78 is 5.50. The number of hydrogen-bond donors (Lipinski definition) is 1. The van der Waals surface area contributed by atoms with Gasteiger partial charge in [-0.2, -0.15) is 0 Å². The van der Waals surface area contributed by atoms with Crippen LogP contribution in [0.15, 0.2) is 24.3 Å². The molecular formula is C11H19NOSi. The fourth-order valence-electron chi connectivity index (χ4n) is 1.30. The van der Waals surface area contributed by atoms with Gasteiger partial charge in [-0.15, -0.1) is 0 Å². The molecule has 0 bridgehead atoms. The second kappa shape index (κ2) is 4.62. The number of anilines is 1. The molecule has 0 fully saturated rings. The molecule has 1 aromatic carbocycles. The minimum absolute atomic E-state index is 0.0107. The van der Waals surface area contributed by atoms with Gasteiger partial charge in [0, 0.05) is 11.3 Å². The Bertz CT molecular complexity index is 299. The predicted molar refractivity (Wildman–Crippen MR) is 64.3 cm³/mol. The van der Waals surface area contributed by atoms with Crippen molar-refractivity contribution in [3.05, 3.63) is 29.8 Å². The van der Waals surface area contributed by atoms with Crippen molar-refractivity contribution in [1.29, 1.82) is 0 Å². The lowest BCUT2D eigenvalue weighted by atomic mass is 9.99. The third-order valence-corrected chi connectivity index (χ3v) is 3.62. The molecule has 0 aromatic heterocycles. The van der Waals surface area contributed by atoms with Gasteiger partial charge in [0.1, 0.15) is 10.5 Å². The van der Waals surface area contributed by atoms with Crippen LogP contribution in [0.4, 0.5) is 5.69 Å². The van der Waals surface area contributed by atoms with E-state index >= 15 is 0 Å². The highest BCUT2D eigenvalue weighted by molar-refractivity contribution is 5.98. The fourth-order valence-corrected chi connectivity index (χ4v) is 1.50. The lowest BCUT2D eigenvalue weighted by Crippen LogP contribution is -2.23. The monoisotopic (exact) mass is 209 g/mol. The molecule has 0 amide bonds. The van der Waals surface area contributed by atoms with Gasteiger partial charge in [0.2, 0.25) is 0 Å². The van der Waals surface area contributed by atoms with Crippen LogP contribution < -0.4 is 5.73 Å². The van der Waals surface area contributed by atoms with Crippen LogP contribution in [0.3, 0.4) is 0 Å². The molecule has 0 atom stereocenters. The van der Waals surface area contributed by atoms with E-state index in [1.165, 1.54) is 5.56 Å². The van der Waals surface area contributed by atoms with Crippen molar-refractivity contribution >= 4 is 16.2 Å². The number of benzene rings is 1. The van der Waals surface area contributed by atoms with Crippen molar-refractivity contribution < 1.29 is 4.43 Å². The number of aryl methyl sites for hydroxylation is 1. The van der Waals surface area contributed by atoms with Crippen LogP contribution in [-0.4, -0.2) is 16.1 Å². The Balaban J connectivity index is 2.54. The zero-order valence-electron chi connectivity index (χ0n) is 9.21. The van der Waals surface area contributed by atoms with Crippen molar-refractivity contribution in [2.24, 2.45) is 0 Å². The summed E-state index contributed by atoms with van der Waals surface area (Å²) in [7, 11) is 0.798. The van der Waals surface area contributed by atoms with E-state index < -0.39 is 0 Å². The molecular weight excluding hydrogens is 190 g/mol. The second-order valence-corrected chi connectivity index (χ2v) is 4.62. The zero-order valence-corrected chi connectivity index (χ0v) is 11.2. The molecule has 0 radical (unpaired) electrons. The van der Waals surface area contributed by atoms with E-state index in [-0.39, 0.29) is 5.60 Å². The summed E-state index contributed by atoms with van der Waals surface area (Å²) in [6, 6.07) is 8.06. The first-order chi connectivity index (χ1) is 6.53. The van der Waals surface area contributed by atoms with Crippen LogP contribution in [0.5, 0.6) is 0 Å². The summed E-state index contributed by atoms with van der Waals surface area (Å²) in [5.74, 6) is 0. The molecule has 2 nitrogen and oxygen atoms in total. The molecule has 2 N–H and O–H groups in total. The summed E-state index contributed by atoms with van der Waals surface area (Å²) in [4.78, 5) is 0. The van der Waals surface area contributed by atoms with Crippen molar-refractivity contribution in [2.75, 3.05) is 5.73 Å². The van der Waals surface area contributed by atoms with Crippen molar-refractivity contribution in [3.8, 4) is 0 Å². The highest BCUT2D eigenvalue weighted by atomic mass is 28.2. The molecule has 0 unspecified atom stereocenters. The molecule has 0 saturated heterocycles. The summed E-state index contributed by atoms with van der Waals surface area (Å²) in [5.41, 5.74) is 7.85. The van der Waals surface area contributed by atoms with E-state index in [9.17, 15) is 0 Å². The molecule has 1 rings (SSSR count). The summed E-state index contributed by atoms with van der Waals surface area (Å²) in [6.07, 6.45) is 2.07. The highest BCUT2D eigenvalue weighted by Gasteiger charge is 2.14. The van der Waals surface area contributed by atoms with Crippen LogP contribution in [-0.2, 0) is 10.8 Å². The van der Waals surface area contributed by atoms with E-state index in [4.69, 9.17) is 10.2 Å². The van der Waals surface area contributed by atoms with Gasteiger partial charge >= 0.3 is 0 Å². The van der Waals surface area contributed by atoms with Gasteiger partial charge in [-0.1, -0.05) is 12.1 Å².